The standard InChI is InChI=1S/C20H22N4O6S2/c1-27-19(25)23-17(31)21-15-9-8-14(12-16(15)22-18(32)24-20(26)28-2)30-11-10-29-13-6-4-3-5-7-13/h3-9,12H,10-11H2,1-2H3,(H2,21,23,25,31)(H2,22,24,26,32). The maximum absolute atomic E-state index is 11.4. The molecule has 2 aromatic carbocycles. The van der Waals surface area contributed by atoms with Gasteiger partial charge < -0.3 is 29.6 Å². The number of amides is 2. The van der Waals surface area contributed by atoms with Gasteiger partial charge in [0.15, 0.2) is 10.2 Å². The van der Waals surface area contributed by atoms with Crippen molar-refractivity contribution in [3.8, 4) is 11.5 Å². The smallest absolute Gasteiger partial charge is 0.413 e. The Kier molecular flexibility index (Phi) is 9.94. The zero-order valence-electron chi connectivity index (χ0n) is 17.3. The molecule has 0 aliphatic heterocycles. The summed E-state index contributed by atoms with van der Waals surface area (Å²) in [6.07, 6.45) is -1.45. The van der Waals surface area contributed by atoms with E-state index in [4.69, 9.17) is 33.9 Å². The molecule has 0 aromatic heterocycles. The Labute approximate surface area is 195 Å². The summed E-state index contributed by atoms with van der Waals surface area (Å²) in [6.45, 7) is 0.622. The third-order valence-electron chi connectivity index (χ3n) is 3.65. The Morgan fingerprint density at radius 3 is 1.84 bits per heavy atom. The van der Waals surface area contributed by atoms with Crippen LogP contribution >= 0.6 is 24.4 Å². The molecule has 2 amide bonds. The highest BCUT2D eigenvalue weighted by molar-refractivity contribution is 7.80. The summed E-state index contributed by atoms with van der Waals surface area (Å²) in [5.41, 5.74) is 0.871. The van der Waals surface area contributed by atoms with Crippen LogP contribution in [0, 0.1) is 0 Å². The molecule has 0 heterocycles. The molecule has 0 atom stereocenters. The molecule has 0 spiro atoms. The monoisotopic (exact) mass is 478 g/mol. The first-order valence-electron chi connectivity index (χ1n) is 9.18. The van der Waals surface area contributed by atoms with E-state index < -0.39 is 12.2 Å². The minimum atomic E-state index is -0.731. The van der Waals surface area contributed by atoms with Gasteiger partial charge in [-0.3, -0.25) is 10.6 Å². The maximum Gasteiger partial charge on any atom is 0.413 e. The number of carbonyl (C=O) groups is 2. The van der Waals surface area contributed by atoms with Gasteiger partial charge in [-0.1, -0.05) is 18.2 Å². The van der Waals surface area contributed by atoms with Crippen LogP contribution in [0.5, 0.6) is 11.5 Å². The number of hydrogen-bond donors (Lipinski definition) is 4. The van der Waals surface area contributed by atoms with Gasteiger partial charge >= 0.3 is 12.2 Å². The lowest BCUT2D eigenvalue weighted by atomic mass is 10.2. The summed E-state index contributed by atoms with van der Waals surface area (Å²) in [6, 6.07) is 14.3. The molecule has 10 nitrogen and oxygen atoms in total. The molecular weight excluding hydrogens is 456 g/mol. The number of thiocarbonyl (C=S) groups is 2. The van der Waals surface area contributed by atoms with E-state index in [0.717, 1.165) is 5.75 Å². The Balaban J connectivity index is 2.05. The fourth-order valence-electron chi connectivity index (χ4n) is 2.26. The lowest BCUT2D eigenvalue weighted by Crippen LogP contribution is -2.35. The highest BCUT2D eigenvalue weighted by atomic mass is 32.1. The van der Waals surface area contributed by atoms with Gasteiger partial charge in [-0.05, 0) is 48.7 Å². The zero-order valence-corrected chi connectivity index (χ0v) is 18.9. The second kappa shape index (κ2) is 12.9. The summed E-state index contributed by atoms with van der Waals surface area (Å²) in [4.78, 5) is 22.7. The van der Waals surface area contributed by atoms with Crippen molar-refractivity contribution in [2.45, 2.75) is 0 Å². The number of methoxy groups -OCH3 is 2. The van der Waals surface area contributed by atoms with Gasteiger partial charge in [-0.2, -0.15) is 0 Å². The number of benzene rings is 2. The Morgan fingerprint density at radius 1 is 0.750 bits per heavy atom. The van der Waals surface area contributed by atoms with Crippen LogP contribution in [-0.4, -0.2) is 49.8 Å². The molecule has 12 heteroatoms. The van der Waals surface area contributed by atoms with Crippen molar-refractivity contribution >= 4 is 58.2 Å². The molecule has 0 aliphatic carbocycles. The van der Waals surface area contributed by atoms with Gasteiger partial charge in [0, 0.05) is 6.07 Å². The van der Waals surface area contributed by atoms with E-state index >= 15 is 0 Å². The highest BCUT2D eigenvalue weighted by Crippen LogP contribution is 2.27. The van der Waals surface area contributed by atoms with Crippen LogP contribution in [0.4, 0.5) is 21.0 Å². The van der Waals surface area contributed by atoms with E-state index in [2.05, 4.69) is 30.7 Å². The lowest BCUT2D eigenvalue weighted by Gasteiger charge is -2.17. The number of para-hydroxylation sites is 1. The van der Waals surface area contributed by atoms with Gasteiger partial charge in [0.25, 0.3) is 0 Å². The van der Waals surface area contributed by atoms with Crippen molar-refractivity contribution in [1.82, 2.24) is 10.6 Å². The SMILES string of the molecule is COC(=O)NC(=S)Nc1ccc(OCCOc2ccccc2)cc1NC(=S)NC(=O)OC. The van der Waals surface area contributed by atoms with E-state index in [1.54, 1.807) is 18.2 Å². The molecule has 32 heavy (non-hydrogen) atoms. The predicted molar refractivity (Wildman–Crippen MR) is 127 cm³/mol. The molecule has 2 rings (SSSR count). The number of hydrogen-bond acceptors (Lipinski definition) is 8. The van der Waals surface area contributed by atoms with E-state index in [1.165, 1.54) is 14.2 Å². The molecule has 0 fully saturated rings. The first-order chi connectivity index (χ1) is 15.4. The fourth-order valence-corrected chi connectivity index (χ4v) is 2.64. The van der Waals surface area contributed by atoms with Crippen molar-refractivity contribution in [3.63, 3.8) is 0 Å². The molecule has 0 saturated carbocycles. The highest BCUT2D eigenvalue weighted by Gasteiger charge is 2.12. The normalized spacial score (nSPS) is 9.69. The van der Waals surface area contributed by atoms with Crippen LogP contribution in [0.1, 0.15) is 0 Å². The van der Waals surface area contributed by atoms with Crippen molar-refractivity contribution in [2.75, 3.05) is 38.1 Å². The number of anilines is 2. The van der Waals surface area contributed by atoms with E-state index in [0.29, 0.717) is 23.7 Å². The van der Waals surface area contributed by atoms with Crippen LogP contribution in [0.3, 0.4) is 0 Å². The molecule has 4 N–H and O–H groups in total. The molecule has 2 aromatic rings. The Bertz CT molecular complexity index is 958. The molecule has 0 aliphatic rings. The third-order valence-corrected chi connectivity index (χ3v) is 4.06. The topological polar surface area (TPSA) is 119 Å². The molecule has 0 saturated heterocycles. The van der Waals surface area contributed by atoms with Crippen molar-refractivity contribution in [1.29, 1.82) is 0 Å². The molecule has 0 bridgehead atoms. The Morgan fingerprint density at radius 2 is 1.28 bits per heavy atom. The summed E-state index contributed by atoms with van der Waals surface area (Å²) in [5, 5.41) is 10.3. The van der Waals surface area contributed by atoms with Gasteiger partial charge in [0.05, 0.1) is 25.6 Å². The summed E-state index contributed by atoms with van der Waals surface area (Å²) >= 11 is 10.2. The first kappa shape index (κ1) is 24.6. The van der Waals surface area contributed by atoms with Gasteiger partial charge in [0.2, 0.25) is 0 Å². The number of carbonyl (C=O) groups excluding carboxylic acids is 2. The molecule has 170 valence electrons. The van der Waals surface area contributed by atoms with Gasteiger partial charge in [-0.25, -0.2) is 9.59 Å². The summed E-state index contributed by atoms with van der Waals surface area (Å²) in [5.74, 6) is 1.24. The molecular formula is C20H22N4O6S2. The van der Waals surface area contributed by atoms with Gasteiger partial charge in [0.1, 0.15) is 24.7 Å². The van der Waals surface area contributed by atoms with Crippen molar-refractivity contribution in [3.05, 3.63) is 48.5 Å². The zero-order chi connectivity index (χ0) is 23.3. The number of rotatable bonds is 7. The van der Waals surface area contributed by atoms with Crippen LogP contribution in [0.2, 0.25) is 0 Å². The number of ether oxygens (including phenoxy) is 4. The lowest BCUT2D eigenvalue weighted by molar-refractivity contribution is 0.176. The quantitative estimate of drug-likeness (QED) is 0.349. The second-order valence-electron chi connectivity index (χ2n) is 5.86. The largest absolute Gasteiger partial charge is 0.490 e. The van der Waals surface area contributed by atoms with Gasteiger partial charge in [-0.15, -0.1) is 0 Å². The van der Waals surface area contributed by atoms with Crippen LogP contribution < -0.4 is 30.7 Å². The van der Waals surface area contributed by atoms with Crippen LogP contribution in [0.25, 0.3) is 0 Å². The molecule has 0 unspecified atom stereocenters. The first-order valence-corrected chi connectivity index (χ1v) is 9.99. The van der Waals surface area contributed by atoms with E-state index in [-0.39, 0.29) is 16.8 Å². The number of nitrogens with one attached hydrogen (secondary N) is 4. The maximum atomic E-state index is 11.4. The minimum absolute atomic E-state index is 0.00308. The average molecular weight is 479 g/mol. The van der Waals surface area contributed by atoms with E-state index in [9.17, 15) is 9.59 Å². The number of alkyl carbamates (subject to hydrolysis) is 2. The van der Waals surface area contributed by atoms with Crippen molar-refractivity contribution in [2.24, 2.45) is 0 Å². The predicted octanol–water partition coefficient (Wildman–Crippen LogP) is 3.25. The van der Waals surface area contributed by atoms with Crippen molar-refractivity contribution < 1.29 is 28.5 Å². The second-order valence-corrected chi connectivity index (χ2v) is 6.68. The average Bonchev–Trinajstić information content (AvgIpc) is 2.78. The minimum Gasteiger partial charge on any atom is -0.490 e. The van der Waals surface area contributed by atoms with Crippen LogP contribution in [-0.2, 0) is 9.47 Å². The summed E-state index contributed by atoms with van der Waals surface area (Å²) < 4.78 is 20.4. The van der Waals surface area contributed by atoms with Crippen LogP contribution in [0.15, 0.2) is 48.5 Å². The van der Waals surface area contributed by atoms with E-state index in [1.807, 2.05) is 30.3 Å². The molecule has 0 radical (unpaired) electrons. The summed E-state index contributed by atoms with van der Waals surface area (Å²) in [7, 11) is 2.43. The third kappa shape index (κ3) is 8.62. The Hall–Kier alpha value is -3.64. The fraction of sp³-hybridized carbons (Fsp3) is 0.200.